The molecular weight excluding hydrogens is 388 g/mol. The largest absolute Gasteiger partial charge is 0.494 e. The first-order valence-electron chi connectivity index (χ1n) is 11.6. The molecule has 2 fully saturated rings. The van der Waals surface area contributed by atoms with E-state index in [1.807, 2.05) is 41.3 Å². The average molecular weight is 423 g/mol. The minimum atomic E-state index is -0.158. The van der Waals surface area contributed by atoms with Gasteiger partial charge in [0.1, 0.15) is 5.75 Å². The lowest BCUT2D eigenvalue weighted by Gasteiger charge is -2.30. The second kappa shape index (κ2) is 10.3. The lowest BCUT2D eigenvalue weighted by atomic mass is 9.98. The van der Waals surface area contributed by atoms with Gasteiger partial charge in [0.2, 0.25) is 0 Å². The van der Waals surface area contributed by atoms with Gasteiger partial charge in [-0.05, 0) is 67.0 Å². The molecule has 2 aliphatic rings. The van der Waals surface area contributed by atoms with E-state index >= 15 is 0 Å². The topological polar surface area (TPSA) is 53.0 Å². The number of carbonyl (C=O) groups is 1. The summed E-state index contributed by atoms with van der Waals surface area (Å²) in [6.45, 7) is 7.41. The van der Waals surface area contributed by atoms with E-state index in [1.54, 1.807) is 0 Å². The molecule has 0 spiro atoms. The van der Waals surface area contributed by atoms with Crippen LogP contribution < -0.4 is 4.74 Å². The second-order valence-corrected chi connectivity index (χ2v) is 9.02. The number of nitrogens with zero attached hydrogens (tertiary/aromatic N) is 2. The summed E-state index contributed by atoms with van der Waals surface area (Å²) in [5.74, 6) is 1.74. The number of hydrogen-bond donors (Lipinski definition) is 1. The number of rotatable bonds is 7. The number of aliphatic hydroxyl groups is 1. The van der Waals surface area contributed by atoms with Crippen LogP contribution in [0.4, 0.5) is 0 Å². The molecule has 166 valence electrons. The van der Waals surface area contributed by atoms with E-state index in [-0.39, 0.29) is 12.0 Å². The summed E-state index contributed by atoms with van der Waals surface area (Å²) in [7, 11) is 0. The number of benzene rings is 2. The van der Waals surface area contributed by atoms with Crippen molar-refractivity contribution in [2.75, 3.05) is 39.3 Å². The summed E-state index contributed by atoms with van der Waals surface area (Å²) in [4.78, 5) is 17.0. The lowest BCUT2D eigenvalue weighted by Crippen LogP contribution is -2.37. The molecule has 0 radical (unpaired) electrons. The Hall–Kier alpha value is -2.37. The minimum absolute atomic E-state index is 0.144. The standard InChI is InChI=1S/C26H34N2O3/c1-20-11-16-28(17-12-20)26(30)23-5-3-21(4-6-23)22-7-9-25(10-8-22)31-18-2-14-27-15-13-24(29)19-27/h3-10,20,24,29H,2,11-19H2,1H3/t24-/m0/s1. The monoisotopic (exact) mass is 422 g/mol. The van der Waals surface area contributed by atoms with Crippen molar-refractivity contribution in [1.29, 1.82) is 0 Å². The van der Waals surface area contributed by atoms with Gasteiger partial charge in [-0.3, -0.25) is 4.79 Å². The molecule has 0 bridgehead atoms. The Morgan fingerprint density at radius 3 is 2.23 bits per heavy atom. The van der Waals surface area contributed by atoms with E-state index in [1.165, 1.54) is 0 Å². The molecule has 0 aliphatic carbocycles. The van der Waals surface area contributed by atoms with Gasteiger partial charge in [0.15, 0.2) is 0 Å². The van der Waals surface area contributed by atoms with Gasteiger partial charge >= 0.3 is 0 Å². The van der Waals surface area contributed by atoms with Crippen LogP contribution in [0.25, 0.3) is 11.1 Å². The quantitative estimate of drug-likeness (QED) is 0.684. The molecular formula is C26H34N2O3. The molecule has 1 N–H and O–H groups in total. The molecule has 2 aromatic rings. The van der Waals surface area contributed by atoms with Crippen molar-refractivity contribution in [3.8, 4) is 16.9 Å². The Balaban J connectivity index is 1.26. The highest BCUT2D eigenvalue weighted by Crippen LogP contribution is 2.24. The van der Waals surface area contributed by atoms with Crippen LogP contribution in [0.3, 0.4) is 0 Å². The summed E-state index contributed by atoms with van der Waals surface area (Å²) >= 11 is 0. The maximum absolute atomic E-state index is 12.7. The predicted octanol–water partition coefficient (Wildman–Crippen LogP) is 4.06. The molecule has 0 unspecified atom stereocenters. The summed E-state index contributed by atoms with van der Waals surface area (Å²) < 4.78 is 5.87. The molecule has 5 nitrogen and oxygen atoms in total. The number of piperidine rings is 1. The average Bonchev–Trinajstić information content (AvgIpc) is 3.22. The van der Waals surface area contributed by atoms with Crippen molar-refractivity contribution in [2.24, 2.45) is 5.92 Å². The molecule has 4 rings (SSSR count). The number of hydrogen-bond acceptors (Lipinski definition) is 4. The SMILES string of the molecule is CC1CCN(C(=O)c2ccc(-c3ccc(OCCCN4CC[C@H](O)C4)cc3)cc2)CC1. The first kappa shape index (κ1) is 21.8. The van der Waals surface area contributed by atoms with Crippen LogP contribution in [0.1, 0.15) is 43.0 Å². The third-order valence-corrected chi connectivity index (χ3v) is 6.53. The van der Waals surface area contributed by atoms with Gasteiger partial charge < -0.3 is 19.6 Å². The van der Waals surface area contributed by atoms with E-state index in [2.05, 4.69) is 24.0 Å². The van der Waals surface area contributed by atoms with Crippen molar-refractivity contribution >= 4 is 5.91 Å². The smallest absolute Gasteiger partial charge is 0.253 e. The van der Waals surface area contributed by atoms with Crippen LogP contribution in [0.5, 0.6) is 5.75 Å². The van der Waals surface area contributed by atoms with Gasteiger partial charge in [0.05, 0.1) is 12.7 Å². The molecule has 1 amide bonds. The molecule has 5 heteroatoms. The number of likely N-dealkylation sites (tertiary alicyclic amines) is 2. The zero-order valence-electron chi connectivity index (χ0n) is 18.5. The summed E-state index contributed by atoms with van der Waals surface area (Å²) in [6.07, 6.45) is 3.88. The second-order valence-electron chi connectivity index (χ2n) is 9.02. The van der Waals surface area contributed by atoms with E-state index < -0.39 is 0 Å². The predicted molar refractivity (Wildman–Crippen MR) is 123 cm³/mol. The maximum Gasteiger partial charge on any atom is 0.253 e. The lowest BCUT2D eigenvalue weighted by molar-refractivity contribution is 0.0697. The van der Waals surface area contributed by atoms with E-state index in [0.717, 1.165) is 86.8 Å². The molecule has 2 saturated heterocycles. The summed E-state index contributed by atoms with van der Waals surface area (Å²) in [6, 6.07) is 16.1. The zero-order valence-corrected chi connectivity index (χ0v) is 18.5. The molecule has 1 atom stereocenters. The fourth-order valence-corrected chi connectivity index (χ4v) is 4.44. The van der Waals surface area contributed by atoms with Crippen LogP contribution >= 0.6 is 0 Å². The Morgan fingerprint density at radius 1 is 0.968 bits per heavy atom. The number of carbonyl (C=O) groups excluding carboxylic acids is 1. The van der Waals surface area contributed by atoms with Crippen molar-refractivity contribution < 1.29 is 14.6 Å². The number of amides is 1. The van der Waals surface area contributed by atoms with Crippen LogP contribution in [0.15, 0.2) is 48.5 Å². The van der Waals surface area contributed by atoms with Gasteiger partial charge in [-0.25, -0.2) is 0 Å². The molecule has 2 heterocycles. The van der Waals surface area contributed by atoms with Gasteiger partial charge in [0, 0.05) is 38.3 Å². The van der Waals surface area contributed by atoms with Gasteiger partial charge in [-0.1, -0.05) is 31.2 Å². The van der Waals surface area contributed by atoms with Crippen LogP contribution in [0.2, 0.25) is 0 Å². The van der Waals surface area contributed by atoms with E-state index in [4.69, 9.17) is 4.74 Å². The van der Waals surface area contributed by atoms with Crippen molar-refractivity contribution in [2.45, 2.75) is 38.7 Å². The Bertz CT molecular complexity index is 842. The van der Waals surface area contributed by atoms with Gasteiger partial charge in [0.25, 0.3) is 5.91 Å². The fraction of sp³-hybridized carbons (Fsp3) is 0.500. The summed E-state index contributed by atoms with van der Waals surface area (Å²) in [5.41, 5.74) is 2.98. The van der Waals surface area contributed by atoms with E-state index in [0.29, 0.717) is 6.61 Å². The zero-order chi connectivity index (χ0) is 21.6. The van der Waals surface area contributed by atoms with Crippen molar-refractivity contribution in [1.82, 2.24) is 9.80 Å². The van der Waals surface area contributed by atoms with Gasteiger partial charge in [-0.2, -0.15) is 0 Å². The number of β-amino-alcohol motifs (C(OH)–C–C–N with tert-alkyl or cyclic N) is 1. The number of aliphatic hydroxyl groups excluding tert-OH is 1. The van der Waals surface area contributed by atoms with Crippen molar-refractivity contribution in [3.05, 3.63) is 54.1 Å². The third kappa shape index (κ3) is 5.86. The minimum Gasteiger partial charge on any atom is -0.494 e. The van der Waals surface area contributed by atoms with E-state index in [9.17, 15) is 9.90 Å². The van der Waals surface area contributed by atoms with Crippen molar-refractivity contribution in [3.63, 3.8) is 0 Å². The first-order chi connectivity index (χ1) is 15.1. The van der Waals surface area contributed by atoms with Crippen LogP contribution in [-0.2, 0) is 0 Å². The third-order valence-electron chi connectivity index (χ3n) is 6.53. The highest BCUT2D eigenvalue weighted by atomic mass is 16.5. The Morgan fingerprint density at radius 2 is 1.61 bits per heavy atom. The highest BCUT2D eigenvalue weighted by Gasteiger charge is 2.21. The first-order valence-corrected chi connectivity index (χ1v) is 11.6. The molecule has 2 aliphatic heterocycles. The van der Waals surface area contributed by atoms with Gasteiger partial charge in [-0.15, -0.1) is 0 Å². The number of ether oxygens (including phenoxy) is 1. The Labute approximate surface area is 185 Å². The molecule has 2 aromatic carbocycles. The normalized spacial score (nSPS) is 20.2. The van der Waals surface area contributed by atoms with Crippen LogP contribution in [-0.4, -0.2) is 66.2 Å². The maximum atomic E-state index is 12.7. The summed E-state index contributed by atoms with van der Waals surface area (Å²) in [5, 5.41) is 9.57. The highest BCUT2D eigenvalue weighted by molar-refractivity contribution is 5.94. The fourth-order valence-electron chi connectivity index (χ4n) is 4.44. The van der Waals surface area contributed by atoms with Crippen LogP contribution in [0, 0.1) is 5.92 Å². The molecule has 0 saturated carbocycles. The molecule has 0 aromatic heterocycles. The Kier molecular flexibility index (Phi) is 7.25. The molecule has 31 heavy (non-hydrogen) atoms.